The number of nitrogens with one attached hydrogen (secondary N) is 1. The third-order valence-corrected chi connectivity index (χ3v) is 5.38. The summed E-state index contributed by atoms with van der Waals surface area (Å²) in [5.74, 6) is 0.754. The average Bonchev–Trinajstić information content (AvgIpc) is 3.02. The Morgan fingerprint density at radius 1 is 1.22 bits per heavy atom. The van der Waals surface area contributed by atoms with Gasteiger partial charge in [0.1, 0.15) is 5.75 Å². The summed E-state index contributed by atoms with van der Waals surface area (Å²) in [4.78, 5) is 0.238. The predicted molar refractivity (Wildman–Crippen MR) is 85.5 cm³/mol. The van der Waals surface area contributed by atoms with E-state index in [0.717, 1.165) is 23.3 Å². The lowest BCUT2D eigenvalue weighted by Gasteiger charge is -2.15. The van der Waals surface area contributed by atoms with Gasteiger partial charge in [-0.2, -0.15) is 5.26 Å². The minimum Gasteiger partial charge on any atom is -0.493 e. The third-order valence-electron chi connectivity index (χ3n) is 3.84. The van der Waals surface area contributed by atoms with Crippen molar-refractivity contribution in [2.75, 3.05) is 6.61 Å². The highest BCUT2D eigenvalue weighted by Crippen LogP contribution is 2.28. The normalized spacial score (nSPS) is 14.6. The van der Waals surface area contributed by atoms with Gasteiger partial charge in [0, 0.05) is 12.5 Å². The largest absolute Gasteiger partial charge is 0.493 e. The average molecular weight is 328 g/mol. The lowest BCUT2D eigenvalue weighted by Crippen LogP contribution is -2.27. The maximum absolute atomic E-state index is 12.5. The molecule has 5 nitrogen and oxygen atoms in total. The number of hydrogen-bond donors (Lipinski definition) is 1. The maximum atomic E-state index is 12.5. The first-order chi connectivity index (χ1) is 11.0. The van der Waals surface area contributed by atoms with E-state index in [9.17, 15) is 8.42 Å². The van der Waals surface area contributed by atoms with Crippen LogP contribution in [0.1, 0.15) is 29.7 Å². The Hall–Kier alpha value is -2.36. The molecule has 1 N–H and O–H groups in total. The number of nitrogens with zero attached hydrogens (tertiary/aromatic N) is 1. The number of benzene rings is 2. The SMILES string of the molecule is C[C@H](NS(=O)(=O)c1ccc2c(c1)CCO2)c1ccc(C#N)cc1. The number of rotatable bonds is 4. The smallest absolute Gasteiger partial charge is 0.241 e. The number of ether oxygens (including phenoxy) is 1. The van der Waals surface area contributed by atoms with Crippen LogP contribution in [0.25, 0.3) is 0 Å². The minimum absolute atomic E-state index is 0.238. The van der Waals surface area contributed by atoms with Crippen molar-refractivity contribution in [2.24, 2.45) is 0 Å². The molecule has 3 rings (SSSR count). The molecule has 0 saturated heterocycles. The summed E-state index contributed by atoms with van der Waals surface area (Å²) in [6.45, 7) is 2.36. The van der Waals surface area contributed by atoms with Gasteiger partial charge in [0.2, 0.25) is 10.0 Å². The Bertz CT molecular complexity index is 868. The summed E-state index contributed by atoms with van der Waals surface area (Å²) in [5.41, 5.74) is 2.26. The van der Waals surface area contributed by atoms with Crippen LogP contribution in [-0.4, -0.2) is 15.0 Å². The molecular formula is C17H16N2O3S. The molecule has 0 spiro atoms. The molecule has 23 heavy (non-hydrogen) atoms. The quantitative estimate of drug-likeness (QED) is 0.935. The zero-order valence-corrected chi connectivity index (χ0v) is 13.4. The van der Waals surface area contributed by atoms with Crippen LogP contribution in [0.15, 0.2) is 47.4 Å². The van der Waals surface area contributed by atoms with Gasteiger partial charge in [0.15, 0.2) is 0 Å². The molecule has 0 radical (unpaired) electrons. The first-order valence-electron chi connectivity index (χ1n) is 7.28. The molecule has 0 fully saturated rings. The zero-order chi connectivity index (χ0) is 16.4. The van der Waals surface area contributed by atoms with Gasteiger partial charge in [-0.25, -0.2) is 13.1 Å². The van der Waals surface area contributed by atoms with Gasteiger partial charge in [-0.3, -0.25) is 0 Å². The molecule has 1 aliphatic rings. The second-order valence-corrected chi connectivity index (χ2v) is 7.16. The van der Waals surface area contributed by atoms with E-state index in [2.05, 4.69) is 4.72 Å². The molecule has 118 valence electrons. The van der Waals surface area contributed by atoms with Crippen LogP contribution < -0.4 is 9.46 Å². The Balaban J connectivity index is 1.81. The number of sulfonamides is 1. The van der Waals surface area contributed by atoms with E-state index >= 15 is 0 Å². The van der Waals surface area contributed by atoms with Gasteiger partial charge in [0.25, 0.3) is 0 Å². The van der Waals surface area contributed by atoms with Crippen LogP contribution >= 0.6 is 0 Å². The molecule has 0 amide bonds. The van der Waals surface area contributed by atoms with E-state index in [1.165, 1.54) is 0 Å². The predicted octanol–water partition coefficient (Wildman–Crippen LogP) is 2.53. The number of hydrogen-bond acceptors (Lipinski definition) is 4. The molecule has 0 aliphatic carbocycles. The van der Waals surface area contributed by atoms with Crippen LogP contribution in [0.2, 0.25) is 0 Å². The topological polar surface area (TPSA) is 79.2 Å². The molecule has 0 aromatic heterocycles. The van der Waals surface area contributed by atoms with Crippen molar-refractivity contribution in [3.05, 3.63) is 59.2 Å². The fraction of sp³-hybridized carbons (Fsp3) is 0.235. The van der Waals surface area contributed by atoms with Gasteiger partial charge < -0.3 is 4.74 Å². The number of nitriles is 1. The zero-order valence-electron chi connectivity index (χ0n) is 12.6. The molecule has 1 aliphatic heterocycles. The van der Waals surface area contributed by atoms with Crippen LogP contribution in [0.4, 0.5) is 0 Å². The lowest BCUT2D eigenvalue weighted by molar-refractivity contribution is 0.356. The van der Waals surface area contributed by atoms with Crippen molar-refractivity contribution in [3.8, 4) is 11.8 Å². The second kappa shape index (κ2) is 6.03. The molecule has 2 aromatic rings. The fourth-order valence-electron chi connectivity index (χ4n) is 2.55. The molecule has 6 heteroatoms. The van der Waals surface area contributed by atoms with Crippen LogP contribution in [-0.2, 0) is 16.4 Å². The first kappa shape index (κ1) is 15.5. The molecular weight excluding hydrogens is 312 g/mol. The van der Waals surface area contributed by atoms with Crippen LogP contribution in [0.5, 0.6) is 5.75 Å². The Labute approximate surface area is 135 Å². The van der Waals surface area contributed by atoms with Crippen LogP contribution in [0.3, 0.4) is 0 Å². The monoisotopic (exact) mass is 328 g/mol. The summed E-state index contributed by atoms with van der Waals surface area (Å²) in [7, 11) is -3.62. The fourth-order valence-corrected chi connectivity index (χ4v) is 3.83. The van der Waals surface area contributed by atoms with Crippen molar-refractivity contribution in [1.29, 1.82) is 5.26 Å². The molecule has 1 atom stereocenters. The van der Waals surface area contributed by atoms with Crippen molar-refractivity contribution in [3.63, 3.8) is 0 Å². The Kier molecular flexibility index (Phi) is 4.07. The van der Waals surface area contributed by atoms with E-state index in [1.54, 1.807) is 49.4 Å². The van der Waals surface area contributed by atoms with E-state index in [-0.39, 0.29) is 4.90 Å². The summed E-state index contributed by atoms with van der Waals surface area (Å²) in [6, 6.07) is 13.4. The maximum Gasteiger partial charge on any atom is 0.241 e. The summed E-state index contributed by atoms with van der Waals surface area (Å²) >= 11 is 0. The highest BCUT2D eigenvalue weighted by atomic mass is 32.2. The van der Waals surface area contributed by atoms with Crippen molar-refractivity contribution >= 4 is 10.0 Å². The van der Waals surface area contributed by atoms with Gasteiger partial charge in [0.05, 0.1) is 23.1 Å². The second-order valence-electron chi connectivity index (χ2n) is 5.44. The van der Waals surface area contributed by atoms with Gasteiger partial charge in [-0.05, 0) is 48.4 Å². The molecule has 2 aromatic carbocycles. The van der Waals surface area contributed by atoms with E-state index in [1.807, 2.05) is 6.07 Å². The lowest BCUT2D eigenvalue weighted by atomic mass is 10.1. The van der Waals surface area contributed by atoms with Crippen molar-refractivity contribution < 1.29 is 13.2 Å². The van der Waals surface area contributed by atoms with Crippen molar-refractivity contribution in [2.45, 2.75) is 24.3 Å². The van der Waals surface area contributed by atoms with Crippen molar-refractivity contribution in [1.82, 2.24) is 4.72 Å². The molecule has 0 unspecified atom stereocenters. The first-order valence-corrected chi connectivity index (χ1v) is 8.76. The summed E-state index contributed by atoms with van der Waals surface area (Å²) in [5, 5.41) is 8.81. The van der Waals surface area contributed by atoms with E-state index < -0.39 is 16.1 Å². The van der Waals surface area contributed by atoms with Gasteiger partial charge in [-0.1, -0.05) is 12.1 Å². The van der Waals surface area contributed by atoms with E-state index in [4.69, 9.17) is 10.00 Å². The van der Waals surface area contributed by atoms with Gasteiger partial charge in [-0.15, -0.1) is 0 Å². The number of fused-ring (bicyclic) bond motifs is 1. The van der Waals surface area contributed by atoms with E-state index in [0.29, 0.717) is 12.2 Å². The highest BCUT2D eigenvalue weighted by Gasteiger charge is 2.21. The van der Waals surface area contributed by atoms with Gasteiger partial charge >= 0.3 is 0 Å². The highest BCUT2D eigenvalue weighted by molar-refractivity contribution is 7.89. The third kappa shape index (κ3) is 3.21. The minimum atomic E-state index is -3.62. The summed E-state index contributed by atoms with van der Waals surface area (Å²) < 4.78 is 33.1. The Morgan fingerprint density at radius 2 is 1.96 bits per heavy atom. The standard InChI is InChI=1S/C17H16N2O3S/c1-12(14-4-2-13(11-18)3-5-14)19-23(20,21)16-6-7-17-15(10-16)8-9-22-17/h2-7,10,12,19H,8-9H2,1H3/t12-/m0/s1. The molecule has 1 heterocycles. The van der Waals surface area contributed by atoms with Crippen LogP contribution in [0, 0.1) is 11.3 Å². The molecule has 0 bridgehead atoms. The Morgan fingerprint density at radius 3 is 2.65 bits per heavy atom. The molecule has 0 saturated carbocycles. The summed E-state index contributed by atoms with van der Waals surface area (Å²) in [6.07, 6.45) is 0.726.